The smallest absolute Gasteiger partial charge is 0.255 e. The van der Waals surface area contributed by atoms with Gasteiger partial charge in [-0.3, -0.25) is 9.59 Å². The highest BCUT2D eigenvalue weighted by atomic mass is 16.5. The van der Waals surface area contributed by atoms with Gasteiger partial charge in [-0.15, -0.1) is 0 Å². The maximum Gasteiger partial charge on any atom is 0.255 e. The van der Waals surface area contributed by atoms with Crippen LogP contribution >= 0.6 is 0 Å². The van der Waals surface area contributed by atoms with Gasteiger partial charge in [0.1, 0.15) is 12.4 Å². The van der Waals surface area contributed by atoms with Gasteiger partial charge in [0, 0.05) is 36.5 Å². The highest BCUT2D eigenvalue weighted by Gasteiger charge is 2.19. The van der Waals surface area contributed by atoms with E-state index < -0.39 is 0 Å². The molecule has 0 radical (unpaired) electrons. The number of rotatable bonds is 6. The molecule has 0 saturated carbocycles. The third-order valence-electron chi connectivity index (χ3n) is 5.26. The second-order valence-electron chi connectivity index (χ2n) is 7.41. The Morgan fingerprint density at radius 1 is 0.967 bits per heavy atom. The number of amides is 2. The van der Waals surface area contributed by atoms with Crippen LogP contribution in [0.1, 0.15) is 33.6 Å². The van der Waals surface area contributed by atoms with E-state index in [1.165, 1.54) is 0 Å². The van der Waals surface area contributed by atoms with Crippen LogP contribution in [0.15, 0.2) is 48.5 Å². The van der Waals surface area contributed by atoms with Crippen molar-refractivity contribution >= 4 is 17.5 Å². The summed E-state index contributed by atoms with van der Waals surface area (Å²) in [6.07, 6.45) is 2.26. The molecular weight excluding hydrogens is 384 g/mol. The summed E-state index contributed by atoms with van der Waals surface area (Å²) in [6.45, 7) is 3.67. The van der Waals surface area contributed by atoms with E-state index in [0.29, 0.717) is 55.5 Å². The summed E-state index contributed by atoms with van der Waals surface area (Å²) in [7, 11) is 0. The molecule has 0 aliphatic carbocycles. The first-order valence-corrected chi connectivity index (χ1v) is 10.3. The topological polar surface area (TPSA) is 77.1 Å². The van der Waals surface area contributed by atoms with Gasteiger partial charge in [0.15, 0.2) is 0 Å². The maximum atomic E-state index is 12.5. The van der Waals surface area contributed by atoms with E-state index >= 15 is 0 Å². The van der Waals surface area contributed by atoms with Crippen molar-refractivity contribution in [1.29, 1.82) is 0 Å². The molecule has 30 heavy (non-hydrogen) atoms. The molecule has 0 aromatic heterocycles. The molecule has 1 N–H and O–H groups in total. The summed E-state index contributed by atoms with van der Waals surface area (Å²) >= 11 is 0. The Morgan fingerprint density at radius 2 is 1.67 bits per heavy atom. The minimum absolute atomic E-state index is 0.0187. The molecule has 2 aromatic rings. The molecule has 0 spiro atoms. The van der Waals surface area contributed by atoms with E-state index in [0.717, 1.165) is 19.4 Å². The van der Waals surface area contributed by atoms with Crippen molar-refractivity contribution in [1.82, 2.24) is 4.90 Å². The molecule has 4 rings (SSSR count). The summed E-state index contributed by atoms with van der Waals surface area (Å²) < 4.78 is 16.6. The largest absolute Gasteiger partial charge is 0.491 e. The molecule has 2 aliphatic heterocycles. The number of nitrogens with zero attached hydrogens (tertiary/aromatic N) is 1. The molecule has 1 unspecified atom stereocenters. The molecule has 7 nitrogen and oxygen atoms in total. The first-order valence-electron chi connectivity index (χ1n) is 10.3. The lowest BCUT2D eigenvalue weighted by Crippen LogP contribution is -2.40. The van der Waals surface area contributed by atoms with Crippen molar-refractivity contribution in [3.8, 4) is 5.75 Å². The van der Waals surface area contributed by atoms with Crippen molar-refractivity contribution < 1.29 is 23.8 Å². The van der Waals surface area contributed by atoms with Gasteiger partial charge in [-0.25, -0.2) is 0 Å². The normalized spacial score (nSPS) is 18.8. The molecular formula is C23H26N2O5. The summed E-state index contributed by atoms with van der Waals surface area (Å²) in [4.78, 5) is 26.8. The zero-order valence-corrected chi connectivity index (χ0v) is 16.8. The van der Waals surface area contributed by atoms with E-state index in [2.05, 4.69) is 5.32 Å². The monoisotopic (exact) mass is 410 g/mol. The molecule has 2 aliphatic rings. The SMILES string of the molecule is O=C(Nc1ccc(C(=O)N2CCOCC2)cc1)c1ccc(OCC2CCCO2)cc1. The number of anilines is 1. The minimum atomic E-state index is -0.215. The first-order chi connectivity index (χ1) is 14.7. The second kappa shape index (κ2) is 9.73. The van der Waals surface area contributed by atoms with Gasteiger partial charge in [0.2, 0.25) is 0 Å². The number of nitrogens with one attached hydrogen (secondary N) is 1. The van der Waals surface area contributed by atoms with Crippen LogP contribution in [0.4, 0.5) is 5.69 Å². The molecule has 2 saturated heterocycles. The van der Waals surface area contributed by atoms with Gasteiger partial charge in [-0.05, 0) is 61.4 Å². The van der Waals surface area contributed by atoms with Gasteiger partial charge >= 0.3 is 0 Å². The van der Waals surface area contributed by atoms with Crippen molar-refractivity contribution in [2.45, 2.75) is 18.9 Å². The van der Waals surface area contributed by atoms with Crippen LogP contribution in [-0.4, -0.2) is 62.3 Å². The second-order valence-corrected chi connectivity index (χ2v) is 7.41. The fraction of sp³-hybridized carbons (Fsp3) is 0.391. The van der Waals surface area contributed by atoms with Crippen molar-refractivity contribution in [2.75, 3.05) is 44.8 Å². The van der Waals surface area contributed by atoms with E-state index in [1.807, 2.05) is 0 Å². The third-order valence-corrected chi connectivity index (χ3v) is 5.26. The predicted octanol–water partition coefficient (Wildman–Crippen LogP) is 2.97. The van der Waals surface area contributed by atoms with Crippen LogP contribution < -0.4 is 10.1 Å². The number of morpholine rings is 1. The van der Waals surface area contributed by atoms with Gasteiger partial charge in [0.25, 0.3) is 11.8 Å². The lowest BCUT2D eigenvalue weighted by atomic mass is 10.1. The first kappa shape index (κ1) is 20.4. The van der Waals surface area contributed by atoms with Crippen LogP contribution in [0.25, 0.3) is 0 Å². The summed E-state index contributed by atoms with van der Waals surface area (Å²) in [5.41, 5.74) is 1.77. The van der Waals surface area contributed by atoms with Crippen LogP contribution in [0.2, 0.25) is 0 Å². The Hall–Kier alpha value is -2.90. The van der Waals surface area contributed by atoms with Gasteiger partial charge < -0.3 is 24.4 Å². The third kappa shape index (κ3) is 5.17. The van der Waals surface area contributed by atoms with Crippen LogP contribution in [0, 0.1) is 0 Å². The van der Waals surface area contributed by atoms with E-state index in [1.54, 1.807) is 53.4 Å². The molecule has 158 valence electrons. The quantitative estimate of drug-likeness (QED) is 0.792. The van der Waals surface area contributed by atoms with Crippen LogP contribution in [-0.2, 0) is 9.47 Å². The van der Waals surface area contributed by atoms with E-state index in [9.17, 15) is 9.59 Å². The Bertz CT molecular complexity index is 854. The number of carbonyl (C=O) groups excluding carboxylic acids is 2. The lowest BCUT2D eigenvalue weighted by molar-refractivity contribution is 0.0303. The molecule has 1 atom stereocenters. The maximum absolute atomic E-state index is 12.5. The Labute approximate surface area is 175 Å². The fourth-order valence-electron chi connectivity index (χ4n) is 3.52. The van der Waals surface area contributed by atoms with Crippen LogP contribution in [0.3, 0.4) is 0 Å². The van der Waals surface area contributed by atoms with Crippen molar-refractivity contribution in [3.63, 3.8) is 0 Å². The highest BCUT2D eigenvalue weighted by molar-refractivity contribution is 6.04. The van der Waals surface area contributed by atoms with Gasteiger partial charge in [0.05, 0.1) is 19.3 Å². The number of carbonyl (C=O) groups is 2. The average molecular weight is 410 g/mol. The van der Waals surface area contributed by atoms with Gasteiger partial charge in [-0.1, -0.05) is 0 Å². The number of ether oxygens (including phenoxy) is 3. The Balaban J connectivity index is 1.30. The van der Waals surface area contributed by atoms with Gasteiger partial charge in [-0.2, -0.15) is 0 Å². The molecule has 2 fully saturated rings. The van der Waals surface area contributed by atoms with E-state index in [-0.39, 0.29) is 17.9 Å². The number of hydrogen-bond donors (Lipinski definition) is 1. The minimum Gasteiger partial charge on any atom is -0.491 e. The summed E-state index contributed by atoms with van der Waals surface area (Å²) in [5, 5.41) is 2.86. The highest BCUT2D eigenvalue weighted by Crippen LogP contribution is 2.18. The molecule has 0 bridgehead atoms. The number of hydrogen-bond acceptors (Lipinski definition) is 5. The molecule has 7 heteroatoms. The zero-order valence-electron chi connectivity index (χ0n) is 16.8. The lowest BCUT2D eigenvalue weighted by Gasteiger charge is -2.26. The van der Waals surface area contributed by atoms with Crippen molar-refractivity contribution in [3.05, 3.63) is 59.7 Å². The summed E-state index contributed by atoms with van der Waals surface area (Å²) in [6, 6.07) is 14.0. The molecule has 2 aromatic carbocycles. The Morgan fingerprint density at radius 3 is 2.33 bits per heavy atom. The number of benzene rings is 2. The summed E-state index contributed by atoms with van der Waals surface area (Å²) in [5.74, 6) is 0.482. The predicted molar refractivity (Wildman–Crippen MR) is 112 cm³/mol. The fourth-order valence-corrected chi connectivity index (χ4v) is 3.52. The standard InChI is InChI=1S/C23H26N2O5/c26-22(17-5-9-20(10-6-17)30-16-21-2-1-13-29-21)24-19-7-3-18(4-8-19)23(27)25-11-14-28-15-12-25/h3-10,21H,1-2,11-16H2,(H,24,26). The van der Waals surface area contributed by atoms with Crippen molar-refractivity contribution in [2.24, 2.45) is 0 Å². The van der Waals surface area contributed by atoms with E-state index in [4.69, 9.17) is 14.2 Å². The average Bonchev–Trinajstić information content (AvgIpc) is 3.32. The zero-order chi connectivity index (χ0) is 20.8. The van der Waals surface area contributed by atoms with Crippen LogP contribution in [0.5, 0.6) is 5.75 Å². The molecule has 2 heterocycles. The Kier molecular flexibility index (Phi) is 6.61. The molecule has 2 amide bonds.